The van der Waals surface area contributed by atoms with Crippen molar-refractivity contribution in [3.8, 4) is 5.75 Å². The summed E-state index contributed by atoms with van der Waals surface area (Å²) in [6, 6.07) is 6.40. The van der Waals surface area contributed by atoms with Crippen molar-refractivity contribution in [3.05, 3.63) is 45.1 Å². The highest BCUT2D eigenvalue weighted by Gasteiger charge is 2.13. The minimum atomic E-state index is -0.172. The Bertz CT molecular complexity index is 580. The van der Waals surface area contributed by atoms with Gasteiger partial charge in [0, 0.05) is 6.07 Å². The van der Waals surface area contributed by atoms with Crippen molar-refractivity contribution in [1.82, 2.24) is 0 Å². The fourth-order valence-electron chi connectivity index (χ4n) is 1.60. The van der Waals surface area contributed by atoms with E-state index < -0.39 is 0 Å². The molecule has 0 fully saturated rings. The smallest absolute Gasteiger partial charge is 0.266 e. The number of anilines is 1. The van der Waals surface area contributed by atoms with Crippen LogP contribution >= 0.6 is 22.9 Å². The second-order valence-electron chi connectivity index (χ2n) is 3.75. The van der Waals surface area contributed by atoms with E-state index in [9.17, 15) is 9.90 Å². The second-order valence-corrected chi connectivity index (χ2v) is 5.07. The number of amides is 1. The summed E-state index contributed by atoms with van der Waals surface area (Å²) in [5.74, 6) is -0.0993. The zero-order valence-electron chi connectivity index (χ0n) is 9.74. The van der Waals surface area contributed by atoms with Crippen LogP contribution in [0.3, 0.4) is 0 Å². The molecule has 0 saturated carbocycles. The topological polar surface area (TPSA) is 49.3 Å². The second kappa shape index (κ2) is 5.42. The average Bonchev–Trinajstić information content (AvgIpc) is 2.81. The first-order chi connectivity index (χ1) is 8.61. The van der Waals surface area contributed by atoms with E-state index in [1.165, 1.54) is 23.5 Å². The van der Waals surface area contributed by atoms with Crippen LogP contribution in [0.15, 0.2) is 29.6 Å². The lowest BCUT2D eigenvalue weighted by atomic mass is 10.2. The van der Waals surface area contributed by atoms with Gasteiger partial charge in [-0.1, -0.05) is 18.5 Å². The molecule has 5 heteroatoms. The molecule has 0 saturated heterocycles. The molecule has 1 amide bonds. The Morgan fingerprint density at radius 3 is 2.89 bits per heavy atom. The van der Waals surface area contributed by atoms with Crippen molar-refractivity contribution in [2.75, 3.05) is 5.32 Å². The van der Waals surface area contributed by atoms with Gasteiger partial charge in [-0.3, -0.25) is 4.79 Å². The van der Waals surface area contributed by atoms with E-state index in [-0.39, 0.29) is 11.7 Å². The van der Waals surface area contributed by atoms with Crippen LogP contribution in [0.4, 0.5) is 5.69 Å². The van der Waals surface area contributed by atoms with Crippen molar-refractivity contribution in [1.29, 1.82) is 0 Å². The Labute approximate surface area is 114 Å². The molecule has 94 valence electrons. The molecule has 0 unspecified atom stereocenters. The van der Waals surface area contributed by atoms with Gasteiger partial charge in [0.05, 0.1) is 15.6 Å². The van der Waals surface area contributed by atoms with Gasteiger partial charge in [-0.25, -0.2) is 0 Å². The lowest BCUT2D eigenvalue weighted by molar-refractivity contribution is 0.103. The lowest BCUT2D eigenvalue weighted by Crippen LogP contribution is -2.12. The Morgan fingerprint density at radius 2 is 2.22 bits per heavy atom. The predicted octanol–water partition coefficient (Wildman–Crippen LogP) is 3.92. The van der Waals surface area contributed by atoms with Crippen molar-refractivity contribution in [2.45, 2.75) is 13.3 Å². The molecule has 2 N–H and O–H groups in total. The maximum atomic E-state index is 12.1. The number of benzene rings is 1. The number of rotatable bonds is 3. The number of nitrogens with one attached hydrogen (secondary N) is 1. The van der Waals surface area contributed by atoms with Gasteiger partial charge in [0.1, 0.15) is 5.75 Å². The quantitative estimate of drug-likeness (QED) is 0.838. The zero-order chi connectivity index (χ0) is 13.1. The van der Waals surface area contributed by atoms with Crippen LogP contribution in [0.2, 0.25) is 5.02 Å². The third-order valence-corrected chi connectivity index (χ3v) is 3.80. The third-order valence-electron chi connectivity index (χ3n) is 2.53. The number of phenolic OH excluding ortho intramolecular Hbond substituents is 1. The minimum absolute atomic E-state index is 0.0726. The molecular formula is C13H12ClNO2S. The van der Waals surface area contributed by atoms with Gasteiger partial charge in [-0.05, 0) is 35.6 Å². The van der Waals surface area contributed by atoms with E-state index in [0.717, 1.165) is 12.0 Å². The van der Waals surface area contributed by atoms with Crippen LogP contribution in [0.1, 0.15) is 22.2 Å². The molecule has 1 aromatic heterocycles. The summed E-state index contributed by atoms with van der Waals surface area (Å²) in [5, 5.41) is 14.2. The number of phenols is 1. The average molecular weight is 282 g/mol. The summed E-state index contributed by atoms with van der Waals surface area (Å²) in [5.41, 5.74) is 1.52. The highest BCUT2D eigenvalue weighted by atomic mass is 35.5. The number of halogens is 1. The number of aromatic hydroxyl groups is 1. The Hall–Kier alpha value is -1.52. The third kappa shape index (κ3) is 2.66. The fraction of sp³-hybridized carbons (Fsp3) is 0.154. The molecule has 0 spiro atoms. The summed E-state index contributed by atoms with van der Waals surface area (Å²) in [4.78, 5) is 12.8. The molecule has 0 bridgehead atoms. The Balaban J connectivity index is 2.21. The summed E-state index contributed by atoms with van der Waals surface area (Å²) in [7, 11) is 0. The van der Waals surface area contributed by atoms with E-state index in [1.807, 2.05) is 18.4 Å². The van der Waals surface area contributed by atoms with Crippen LogP contribution in [0.5, 0.6) is 5.75 Å². The molecule has 0 aliphatic rings. The molecule has 1 heterocycles. The maximum Gasteiger partial charge on any atom is 0.266 e. The van der Waals surface area contributed by atoms with Gasteiger partial charge in [0.2, 0.25) is 0 Å². The number of aryl methyl sites for hydroxylation is 1. The van der Waals surface area contributed by atoms with Gasteiger partial charge in [-0.2, -0.15) is 0 Å². The molecular weight excluding hydrogens is 270 g/mol. The molecule has 0 radical (unpaired) electrons. The van der Waals surface area contributed by atoms with Gasteiger partial charge in [0.25, 0.3) is 5.91 Å². The number of hydrogen-bond donors (Lipinski definition) is 2. The SMILES string of the molecule is CCc1ccsc1C(=O)Nc1ccc(O)cc1Cl. The first-order valence-corrected chi connectivity index (χ1v) is 6.73. The highest BCUT2D eigenvalue weighted by molar-refractivity contribution is 7.12. The van der Waals surface area contributed by atoms with Crippen LogP contribution in [0, 0.1) is 0 Å². The van der Waals surface area contributed by atoms with E-state index in [2.05, 4.69) is 5.32 Å². The molecule has 2 aromatic rings. The molecule has 0 aliphatic heterocycles. The van der Waals surface area contributed by atoms with Gasteiger partial charge < -0.3 is 10.4 Å². The van der Waals surface area contributed by atoms with E-state index in [0.29, 0.717) is 15.6 Å². The van der Waals surface area contributed by atoms with Crippen LogP contribution < -0.4 is 5.32 Å². The van der Waals surface area contributed by atoms with Crippen LogP contribution in [-0.4, -0.2) is 11.0 Å². The minimum Gasteiger partial charge on any atom is -0.508 e. The number of hydrogen-bond acceptors (Lipinski definition) is 3. The van der Waals surface area contributed by atoms with E-state index in [1.54, 1.807) is 6.07 Å². The van der Waals surface area contributed by atoms with Gasteiger partial charge in [-0.15, -0.1) is 11.3 Å². The van der Waals surface area contributed by atoms with E-state index in [4.69, 9.17) is 11.6 Å². The molecule has 2 rings (SSSR count). The zero-order valence-corrected chi connectivity index (χ0v) is 11.3. The molecule has 1 aromatic carbocycles. The number of carbonyl (C=O) groups is 1. The summed E-state index contributed by atoms with van der Waals surface area (Å²) < 4.78 is 0. The summed E-state index contributed by atoms with van der Waals surface area (Å²) >= 11 is 7.34. The van der Waals surface area contributed by atoms with E-state index >= 15 is 0 Å². The normalized spacial score (nSPS) is 10.3. The van der Waals surface area contributed by atoms with Crippen molar-refractivity contribution < 1.29 is 9.90 Å². The Kier molecular flexibility index (Phi) is 3.89. The Morgan fingerprint density at radius 1 is 1.44 bits per heavy atom. The largest absolute Gasteiger partial charge is 0.508 e. The van der Waals surface area contributed by atoms with Crippen LogP contribution in [0.25, 0.3) is 0 Å². The monoisotopic (exact) mass is 281 g/mol. The lowest BCUT2D eigenvalue weighted by Gasteiger charge is -2.07. The molecule has 0 aliphatic carbocycles. The number of thiophene rings is 1. The van der Waals surface area contributed by atoms with Crippen molar-refractivity contribution in [3.63, 3.8) is 0 Å². The molecule has 0 atom stereocenters. The predicted molar refractivity (Wildman–Crippen MR) is 74.8 cm³/mol. The van der Waals surface area contributed by atoms with Crippen LogP contribution in [-0.2, 0) is 6.42 Å². The van der Waals surface area contributed by atoms with Gasteiger partial charge >= 0.3 is 0 Å². The number of carbonyl (C=O) groups excluding carboxylic acids is 1. The first kappa shape index (κ1) is 12.9. The maximum absolute atomic E-state index is 12.1. The molecule has 3 nitrogen and oxygen atoms in total. The highest BCUT2D eigenvalue weighted by Crippen LogP contribution is 2.27. The van der Waals surface area contributed by atoms with Gasteiger partial charge in [0.15, 0.2) is 0 Å². The van der Waals surface area contributed by atoms with Crippen molar-refractivity contribution in [2.24, 2.45) is 0 Å². The summed E-state index contributed by atoms with van der Waals surface area (Å²) in [6.07, 6.45) is 0.815. The standard InChI is InChI=1S/C13H12ClNO2S/c1-2-8-5-6-18-12(8)13(17)15-11-4-3-9(16)7-10(11)14/h3-7,16H,2H2,1H3,(H,15,17). The van der Waals surface area contributed by atoms with Crippen molar-refractivity contribution >= 4 is 34.5 Å². The fourth-order valence-corrected chi connectivity index (χ4v) is 2.71. The molecule has 18 heavy (non-hydrogen) atoms. The first-order valence-electron chi connectivity index (χ1n) is 5.48. The summed E-state index contributed by atoms with van der Waals surface area (Å²) in [6.45, 7) is 2.01.